The summed E-state index contributed by atoms with van der Waals surface area (Å²) in [6.45, 7) is 4.62. The molecule has 0 aromatic heterocycles. The number of rotatable bonds is 8. The smallest absolute Gasteiger partial charge is 0.305 e. The fourth-order valence-electron chi connectivity index (χ4n) is 3.06. The summed E-state index contributed by atoms with van der Waals surface area (Å²) in [7, 11) is 0. The first-order valence-electron chi connectivity index (χ1n) is 9.64. The van der Waals surface area contributed by atoms with Crippen molar-refractivity contribution in [2.75, 3.05) is 6.61 Å². The molecule has 6 nitrogen and oxygen atoms in total. The summed E-state index contributed by atoms with van der Waals surface area (Å²) in [5.41, 5.74) is 2.41. The number of nitrogens with two attached hydrogens (primary N) is 1. The van der Waals surface area contributed by atoms with Gasteiger partial charge in [-0.15, -0.1) is 0 Å². The van der Waals surface area contributed by atoms with Crippen LogP contribution in [0.2, 0.25) is 0 Å². The Labute approximate surface area is 171 Å². The van der Waals surface area contributed by atoms with E-state index in [1.54, 1.807) is 13.1 Å². The molecule has 1 aliphatic rings. The number of ether oxygens (including phenoxy) is 3. The maximum Gasteiger partial charge on any atom is 0.305 e. The minimum Gasteiger partial charge on any atom is -0.489 e. The van der Waals surface area contributed by atoms with Crippen molar-refractivity contribution in [2.45, 2.75) is 38.9 Å². The normalized spacial score (nSPS) is 17.6. The first-order valence-corrected chi connectivity index (χ1v) is 9.64. The molecule has 0 fully saturated rings. The minimum absolute atomic E-state index is 0.205. The van der Waals surface area contributed by atoms with E-state index in [4.69, 9.17) is 20.1 Å². The van der Waals surface area contributed by atoms with Crippen molar-refractivity contribution in [3.63, 3.8) is 0 Å². The lowest BCUT2D eigenvalue weighted by atomic mass is 9.95. The highest BCUT2D eigenvalue weighted by atomic mass is 16.5. The van der Waals surface area contributed by atoms with Gasteiger partial charge in [-0.25, -0.2) is 0 Å². The van der Waals surface area contributed by atoms with Crippen LogP contribution in [0.5, 0.6) is 11.5 Å². The molecule has 1 unspecified atom stereocenters. The van der Waals surface area contributed by atoms with Gasteiger partial charge in [0.15, 0.2) is 0 Å². The zero-order valence-electron chi connectivity index (χ0n) is 16.8. The summed E-state index contributed by atoms with van der Waals surface area (Å²) in [6.07, 6.45) is 6.47. The lowest BCUT2D eigenvalue weighted by Gasteiger charge is -2.31. The lowest BCUT2D eigenvalue weighted by Crippen LogP contribution is -2.32. The summed E-state index contributed by atoms with van der Waals surface area (Å²) < 4.78 is 17.0. The SMILES string of the molecule is CCOC(=O)CCC1(C)C=Cc2cc(OCc3ccc(C=NN)cc3)ccc2O1. The van der Waals surface area contributed by atoms with E-state index in [-0.39, 0.29) is 5.97 Å². The predicted molar refractivity (Wildman–Crippen MR) is 113 cm³/mol. The molecule has 3 rings (SSSR count). The quantitative estimate of drug-likeness (QED) is 0.316. The molecule has 0 bridgehead atoms. The van der Waals surface area contributed by atoms with Crippen LogP contribution in [0.1, 0.15) is 43.4 Å². The van der Waals surface area contributed by atoms with E-state index in [2.05, 4.69) is 5.10 Å². The number of nitrogens with zero attached hydrogens (tertiary/aromatic N) is 1. The molecule has 0 aliphatic carbocycles. The Morgan fingerprint density at radius 1 is 1.24 bits per heavy atom. The lowest BCUT2D eigenvalue weighted by molar-refractivity contribution is -0.143. The van der Waals surface area contributed by atoms with Gasteiger partial charge in [-0.3, -0.25) is 4.79 Å². The second-order valence-electron chi connectivity index (χ2n) is 7.06. The van der Waals surface area contributed by atoms with Crippen LogP contribution < -0.4 is 15.3 Å². The van der Waals surface area contributed by atoms with Crippen LogP contribution >= 0.6 is 0 Å². The number of hydrogen-bond donors (Lipinski definition) is 1. The molecule has 0 saturated carbocycles. The highest BCUT2D eigenvalue weighted by Crippen LogP contribution is 2.35. The van der Waals surface area contributed by atoms with E-state index >= 15 is 0 Å². The predicted octanol–water partition coefficient (Wildman–Crippen LogP) is 4.07. The van der Waals surface area contributed by atoms with Crippen LogP contribution in [0.3, 0.4) is 0 Å². The topological polar surface area (TPSA) is 83.1 Å². The van der Waals surface area contributed by atoms with E-state index in [0.29, 0.717) is 26.1 Å². The number of carbonyl (C=O) groups is 1. The molecule has 1 aliphatic heterocycles. The van der Waals surface area contributed by atoms with Crippen molar-refractivity contribution in [3.05, 3.63) is 65.2 Å². The summed E-state index contributed by atoms with van der Waals surface area (Å²) in [5, 5.41) is 3.51. The molecule has 0 amide bonds. The Morgan fingerprint density at radius 3 is 2.76 bits per heavy atom. The van der Waals surface area contributed by atoms with Gasteiger partial charge in [-0.05, 0) is 49.2 Å². The van der Waals surface area contributed by atoms with Crippen LogP contribution in [0.15, 0.2) is 53.6 Å². The molecular formula is C23H26N2O4. The zero-order chi connectivity index (χ0) is 20.7. The van der Waals surface area contributed by atoms with Gasteiger partial charge in [0.05, 0.1) is 12.8 Å². The average molecular weight is 394 g/mol. The average Bonchev–Trinajstić information content (AvgIpc) is 2.72. The van der Waals surface area contributed by atoms with Crippen LogP contribution in [-0.2, 0) is 16.1 Å². The van der Waals surface area contributed by atoms with Crippen molar-refractivity contribution in [1.82, 2.24) is 0 Å². The van der Waals surface area contributed by atoms with Crippen LogP contribution in [-0.4, -0.2) is 24.4 Å². The third kappa shape index (κ3) is 5.60. The van der Waals surface area contributed by atoms with Gasteiger partial charge >= 0.3 is 5.97 Å². The summed E-state index contributed by atoms with van der Waals surface area (Å²) in [6, 6.07) is 13.6. The van der Waals surface area contributed by atoms with Crippen LogP contribution in [0.25, 0.3) is 6.08 Å². The fourth-order valence-corrected chi connectivity index (χ4v) is 3.06. The monoisotopic (exact) mass is 394 g/mol. The largest absolute Gasteiger partial charge is 0.489 e. The third-order valence-electron chi connectivity index (χ3n) is 4.68. The van der Waals surface area contributed by atoms with Crippen molar-refractivity contribution in [3.8, 4) is 11.5 Å². The maximum absolute atomic E-state index is 11.6. The van der Waals surface area contributed by atoms with Gasteiger partial charge in [0.25, 0.3) is 0 Å². The molecule has 1 heterocycles. The first kappa shape index (κ1) is 20.5. The van der Waals surface area contributed by atoms with Gasteiger partial charge < -0.3 is 20.1 Å². The highest BCUT2D eigenvalue weighted by molar-refractivity contribution is 5.79. The first-order chi connectivity index (χ1) is 14.0. The molecule has 2 N–H and O–H groups in total. The van der Waals surface area contributed by atoms with Gasteiger partial charge in [-0.1, -0.05) is 30.3 Å². The van der Waals surface area contributed by atoms with E-state index in [9.17, 15) is 4.79 Å². The Hall–Kier alpha value is -3.28. The summed E-state index contributed by atoms with van der Waals surface area (Å²) in [4.78, 5) is 11.6. The summed E-state index contributed by atoms with van der Waals surface area (Å²) >= 11 is 0. The second kappa shape index (κ2) is 9.28. The fraction of sp³-hybridized carbons (Fsp3) is 0.304. The number of esters is 1. The van der Waals surface area contributed by atoms with Crippen LogP contribution in [0, 0.1) is 0 Å². The van der Waals surface area contributed by atoms with E-state index in [0.717, 1.165) is 28.2 Å². The number of carbonyl (C=O) groups excluding carboxylic acids is 1. The number of fused-ring (bicyclic) bond motifs is 1. The van der Waals surface area contributed by atoms with Gasteiger partial charge in [0.1, 0.15) is 23.7 Å². The second-order valence-corrected chi connectivity index (χ2v) is 7.06. The molecule has 2 aromatic rings. The van der Waals surface area contributed by atoms with E-state index < -0.39 is 5.60 Å². The van der Waals surface area contributed by atoms with E-state index in [1.807, 2.05) is 61.5 Å². The Kier molecular flexibility index (Phi) is 6.54. The van der Waals surface area contributed by atoms with Crippen molar-refractivity contribution >= 4 is 18.3 Å². The number of benzene rings is 2. The Balaban J connectivity index is 1.59. The molecule has 0 saturated heterocycles. The van der Waals surface area contributed by atoms with Crippen molar-refractivity contribution in [2.24, 2.45) is 10.9 Å². The number of hydrazone groups is 1. The Morgan fingerprint density at radius 2 is 2.03 bits per heavy atom. The van der Waals surface area contributed by atoms with Gasteiger partial charge in [-0.2, -0.15) is 5.10 Å². The molecule has 152 valence electrons. The molecule has 0 spiro atoms. The number of hydrogen-bond acceptors (Lipinski definition) is 6. The molecule has 0 radical (unpaired) electrons. The Bertz CT molecular complexity index is 906. The minimum atomic E-state index is -0.531. The summed E-state index contributed by atoms with van der Waals surface area (Å²) in [5.74, 6) is 6.49. The third-order valence-corrected chi connectivity index (χ3v) is 4.68. The van der Waals surface area contributed by atoms with Crippen molar-refractivity contribution in [1.29, 1.82) is 0 Å². The highest BCUT2D eigenvalue weighted by Gasteiger charge is 2.28. The molecule has 6 heteroatoms. The molecular weight excluding hydrogens is 368 g/mol. The standard InChI is InChI=1S/C23H26N2O4/c1-3-27-22(26)11-13-23(2)12-10-19-14-20(8-9-21(19)29-23)28-16-18-6-4-17(5-7-18)15-25-24/h4-10,12,14-15H,3,11,13,16,24H2,1-2H3. The van der Waals surface area contributed by atoms with Crippen LogP contribution in [0.4, 0.5) is 0 Å². The molecule has 2 aromatic carbocycles. The van der Waals surface area contributed by atoms with Gasteiger partial charge in [0, 0.05) is 18.4 Å². The van der Waals surface area contributed by atoms with E-state index in [1.165, 1.54) is 0 Å². The zero-order valence-corrected chi connectivity index (χ0v) is 16.8. The maximum atomic E-state index is 11.6. The molecule has 29 heavy (non-hydrogen) atoms. The van der Waals surface area contributed by atoms with Gasteiger partial charge in [0.2, 0.25) is 0 Å². The van der Waals surface area contributed by atoms with Crippen molar-refractivity contribution < 1.29 is 19.0 Å². The molecule has 1 atom stereocenters.